The molecule has 1 aliphatic carbocycles. The van der Waals surface area contributed by atoms with Gasteiger partial charge in [0.1, 0.15) is 18.2 Å². The van der Waals surface area contributed by atoms with Crippen molar-refractivity contribution in [2.45, 2.75) is 25.7 Å². The Labute approximate surface area is 116 Å². The molecular weight excluding hydrogens is 256 g/mol. The Kier molecular flexibility index (Phi) is 3.52. The fourth-order valence-corrected chi connectivity index (χ4v) is 2.55. The second kappa shape index (κ2) is 5.47. The summed E-state index contributed by atoms with van der Waals surface area (Å²) in [6, 6.07) is 2.13. The first-order chi connectivity index (χ1) is 9.85. The van der Waals surface area contributed by atoms with Crippen LogP contribution in [0.5, 0.6) is 5.88 Å². The van der Waals surface area contributed by atoms with Crippen LogP contribution in [0.3, 0.4) is 0 Å². The van der Waals surface area contributed by atoms with Gasteiger partial charge in [-0.15, -0.1) is 0 Å². The smallest absolute Gasteiger partial charge is 0.221 e. The van der Waals surface area contributed by atoms with Crippen LogP contribution in [0.2, 0.25) is 0 Å². The number of nitriles is 1. The standard InChI is InChI=1S/C14H16N4O2/c1-19-6-7-20-14-11-4-2-3-5-12(11)17-13-10(8-15)9-16-18(13)14/h9H,2-7H2,1H3. The molecule has 0 radical (unpaired) electrons. The summed E-state index contributed by atoms with van der Waals surface area (Å²) in [6.45, 7) is 0.981. The number of nitrogens with zero attached hydrogens (tertiary/aromatic N) is 4. The molecule has 0 atom stereocenters. The van der Waals surface area contributed by atoms with Gasteiger partial charge in [-0.25, -0.2) is 4.98 Å². The molecule has 6 nitrogen and oxygen atoms in total. The quantitative estimate of drug-likeness (QED) is 0.789. The van der Waals surface area contributed by atoms with Crippen molar-refractivity contribution in [2.24, 2.45) is 0 Å². The molecule has 2 aromatic heterocycles. The normalized spacial score (nSPS) is 14.0. The summed E-state index contributed by atoms with van der Waals surface area (Å²) in [5, 5.41) is 13.4. The number of aryl methyl sites for hydroxylation is 1. The SMILES string of the molecule is COCCOc1c2c(nc3c(C#N)cnn13)CCCC2. The lowest BCUT2D eigenvalue weighted by Gasteiger charge is -2.19. The maximum absolute atomic E-state index is 9.13. The maximum Gasteiger partial charge on any atom is 0.221 e. The maximum atomic E-state index is 9.13. The largest absolute Gasteiger partial charge is 0.475 e. The second-order valence-corrected chi connectivity index (χ2v) is 4.80. The first kappa shape index (κ1) is 12.9. The lowest BCUT2D eigenvalue weighted by Crippen LogP contribution is -2.15. The van der Waals surface area contributed by atoms with Gasteiger partial charge in [0.2, 0.25) is 5.88 Å². The molecule has 0 aliphatic heterocycles. The van der Waals surface area contributed by atoms with E-state index in [0.29, 0.717) is 30.3 Å². The van der Waals surface area contributed by atoms with Crippen LogP contribution in [-0.2, 0) is 17.6 Å². The summed E-state index contributed by atoms with van der Waals surface area (Å²) in [6.07, 6.45) is 5.68. The fraction of sp³-hybridized carbons (Fsp3) is 0.500. The Morgan fingerprint density at radius 1 is 1.35 bits per heavy atom. The number of rotatable bonds is 4. The molecule has 0 saturated heterocycles. The van der Waals surface area contributed by atoms with Crippen molar-refractivity contribution in [3.05, 3.63) is 23.0 Å². The van der Waals surface area contributed by atoms with Crippen molar-refractivity contribution in [1.82, 2.24) is 14.6 Å². The lowest BCUT2D eigenvalue weighted by atomic mass is 9.97. The molecule has 0 fully saturated rings. The summed E-state index contributed by atoms with van der Waals surface area (Å²) in [5.74, 6) is 0.711. The van der Waals surface area contributed by atoms with Crippen LogP contribution in [0.1, 0.15) is 29.7 Å². The summed E-state index contributed by atoms with van der Waals surface area (Å²) in [7, 11) is 1.64. The molecule has 1 aliphatic rings. The number of methoxy groups -OCH3 is 1. The highest BCUT2D eigenvalue weighted by Gasteiger charge is 2.21. The minimum Gasteiger partial charge on any atom is -0.475 e. The van der Waals surface area contributed by atoms with E-state index in [1.807, 2.05) is 0 Å². The van der Waals surface area contributed by atoms with Gasteiger partial charge >= 0.3 is 0 Å². The third-order valence-electron chi connectivity index (χ3n) is 3.52. The number of fused-ring (bicyclic) bond motifs is 2. The van der Waals surface area contributed by atoms with E-state index in [-0.39, 0.29) is 0 Å². The fourth-order valence-electron chi connectivity index (χ4n) is 2.55. The number of aromatic nitrogens is 3. The minimum atomic E-state index is 0.462. The van der Waals surface area contributed by atoms with Crippen molar-refractivity contribution in [2.75, 3.05) is 20.3 Å². The molecule has 0 N–H and O–H groups in total. The molecule has 6 heteroatoms. The molecule has 2 heterocycles. The number of ether oxygens (including phenoxy) is 2. The molecule has 0 spiro atoms. The summed E-state index contributed by atoms with van der Waals surface area (Å²) in [4.78, 5) is 4.60. The van der Waals surface area contributed by atoms with E-state index in [4.69, 9.17) is 14.7 Å². The number of hydrogen-bond donors (Lipinski definition) is 0. The van der Waals surface area contributed by atoms with E-state index in [1.54, 1.807) is 11.6 Å². The van der Waals surface area contributed by atoms with Crippen LogP contribution < -0.4 is 4.74 Å². The zero-order valence-corrected chi connectivity index (χ0v) is 11.4. The third kappa shape index (κ3) is 2.10. The van der Waals surface area contributed by atoms with Crippen LogP contribution in [0.4, 0.5) is 0 Å². The third-order valence-corrected chi connectivity index (χ3v) is 3.52. The Hall–Kier alpha value is -2.13. The van der Waals surface area contributed by atoms with E-state index >= 15 is 0 Å². The molecule has 20 heavy (non-hydrogen) atoms. The first-order valence-corrected chi connectivity index (χ1v) is 6.76. The minimum absolute atomic E-state index is 0.462. The van der Waals surface area contributed by atoms with Crippen LogP contribution in [-0.4, -0.2) is 34.9 Å². The van der Waals surface area contributed by atoms with Gasteiger partial charge in [-0.05, 0) is 25.7 Å². The van der Waals surface area contributed by atoms with Gasteiger partial charge < -0.3 is 9.47 Å². The van der Waals surface area contributed by atoms with Gasteiger partial charge in [0.25, 0.3) is 0 Å². The van der Waals surface area contributed by atoms with Crippen LogP contribution in [0.15, 0.2) is 6.20 Å². The predicted molar refractivity (Wildman–Crippen MR) is 71.7 cm³/mol. The highest BCUT2D eigenvalue weighted by molar-refractivity contribution is 5.57. The van der Waals surface area contributed by atoms with E-state index in [2.05, 4.69) is 16.2 Å². The van der Waals surface area contributed by atoms with Crippen molar-refractivity contribution in [3.63, 3.8) is 0 Å². The van der Waals surface area contributed by atoms with Crippen molar-refractivity contribution >= 4 is 5.65 Å². The number of hydrogen-bond acceptors (Lipinski definition) is 5. The van der Waals surface area contributed by atoms with Gasteiger partial charge in [-0.3, -0.25) is 0 Å². The van der Waals surface area contributed by atoms with Gasteiger partial charge in [0, 0.05) is 12.7 Å². The first-order valence-electron chi connectivity index (χ1n) is 6.76. The zero-order valence-electron chi connectivity index (χ0n) is 11.4. The average Bonchev–Trinajstić information content (AvgIpc) is 2.89. The van der Waals surface area contributed by atoms with Crippen LogP contribution in [0.25, 0.3) is 5.65 Å². The summed E-state index contributed by atoms with van der Waals surface area (Å²) < 4.78 is 12.5. The highest BCUT2D eigenvalue weighted by Crippen LogP contribution is 2.30. The van der Waals surface area contributed by atoms with Crippen LogP contribution in [0, 0.1) is 11.3 Å². The van der Waals surface area contributed by atoms with Gasteiger partial charge in [0.05, 0.1) is 18.5 Å². The molecule has 0 aromatic carbocycles. The van der Waals surface area contributed by atoms with Crippen LogP contribution >= 0.6 is 0 Å². The van der Waals surface area contributed by atoms with Crippen molar-refractivity contribution in [3.8, 4) is 11.9 Å². The average molecular weight is 272 g/mol. The molecular formula is C14H16N4O2. The summed E-state index contributed by atoms with van der Waals surface area (Å²) >= 11 is 0. The van der Waals surface area contributed by atoms with Gasteiger partial charge in [-0.2, -0.15) is 14.9 Å². The molecule has 3 rings (SSSR count). The van der Waals surface area contributed by atoms with E-state index in [1.165, 1.54) is 6.20 Å². The van der Waals surface area contributed by atoms with Crippen molar-refractivity contribution < 1.29 is 9.47 Å². The van der Waals surface area contributed by atoms with E-state index in [9.17, 15) is 0 Å². The lowest BCUT2D eigenvalue weighted by molar-refractivity contribution is 0.141. The summed E-state index contributed by atoms with van der Waals surface area (Å²) in [5.41, 5.74) is 3.22. The highest BCUT2D eigenvalue weighted by atomic mass is 16.5. The molecule has 0 saturated carbocycles. The molecule has 0 bridgehead atoms. The molecule has 2 aromatic rings. The topological polar surface area (TPSA) is 72.4 Å². The van der Waals surface area contributed by atoms with Gasteiger partial charge in [-0.1, -0.05) is 0 Å². The van der Waals surface area contributed by atoms with E-state index in [0.717, 1.165) is 36.9 Å². The monoisotopic (exact) mass is 272 g/mol. The van der Waals surface area contributed by atoms with Crippen molar-refractivity contribution in [1.29, 1.82) is 5.26 Å². The zero-order chi connectivity index (χ0) is 13.9. The Bertz CT molecular complexity index is 672. The molecule has 0 amide bonds. The van der Waals surface area contributed by atoms with Gasteiger partial charge in [0.15, 0.2) is 5.65 Å². The van der Waals surface area contributed by atoms with E-state index < -0.39 is 0 Å². The molecule has 104 valence electrons. The Balaban J connectivity index is 2.12. The molecule has 0 unspecified atom stereocenters. The Morgan fingerprint density at radius 3 is 3.00 bits per heavy atom. The predicted octanol–water partition coefficient (Wildman–Crippen LogP) is 1.50. The second-order valence-electron chi connectivity index (χ2n) is 4.80. The Morgan fingerprint density at radius 2 is 2.20 bits per heavy atom.